The molecule has 3 heteroatoms. The molecule has 1 amide bonds. The number of ether oxygens (including phenoxy) is 1. The highest BCUT2D eigenvalue weighted by Gasteiger charge is 2.41. The van der Waals surface area contributed by atoms with Crippen molar-refractivity contribution in [2.45, 2.75) is 31.8 Å². The van der Waals surface area contributed by atoms with Crippen LogP contribution in [0.15, 0.2) is 30.3 Å². The SMILES string of the molecule is O=C(Nc1ccccc1)OC1CC2CCC1C2. The fourth-order valence-electron chi connectivity index (χ4n) is 3.14. The lowest BCUT2D eigenvalue weighted by molar-refractivity contribution is 0.0755. The third-order valence-corrected chi connectivity index (χ3v) is 3.95. The second-order valence-electron chi connectivity index (χ2n) is 5.11. The smallest absolute Gasteiger partial charge is 0.411 e. The molecule has 1 aromatic carbocycles. The Morgan fingerprint density at radius 2 is 2.00 bits per heavy atom. The second kappa shape index (κ2) is 4.40. The van der Waals surface area contributed by atoms with Gasteiger partial charge in [-0.05, 0) is 49.7 Å². The van der Waals surface area contributed by atoms with Crippen molar-refractivity contribution in [1.29, 1.82) is 0 Å². The molecule has 2 fully saturated rings. The van der Waals surface area contributed by atoms with Crippen LogP contribution in [0.25, 0.3) is 0 Å². The molecule has 0 heterocycles. The maximum Gasteiger partial charge on any atom is 0.411 e. The van der Waals surface area contributed by atoms with E-state index in [1.54, 1.807) is 0 Å². The van der Waals surface area contributed by atoms with Crippen molar-refractivity contribution in [3.05, 3.63) is 30.3 Å². The van der Waals surface area contributed by atoms with Crippen molar-refractivity contribution in [2.75, 3.05) is 5.32 Å². The number of nitrogens with one attached hydrogen (secondary N) is 1. The van der Waals surface area contributed by atoms with E-state index in [9.17, 15) is 4.79 Å². The van der Waals surface area contributed by atoms with Crippen LogP contribution in [0.2, 0.25) is 0 Å². The molecule has 0 radical (unpaired) electrons. The van der Waals surface area contributed by atoms with Gasteiger partial charge in [0.1, 0.15) is 6.10 Å². The number of para-hydroxylation sites is 1. The van der Waals surface area contributed by atoms with Crippen LogP contribution in [-0.4, -0.2) is 12.2 Å². The molecule has 17 heavy (non-hydrogen) atoms. The summed E-state index contributed by atoms with van der Waals surface area (Å²) in [5.41, 5.74) is 0.792. The Labute approximate surface area is 101 Å². The van der Waals surface area contributed by atoms with E-state index in [4.69, 9.17) is 4.74 Å². The highest BCUT2D eigenvalue weighted by atomic mass is 16.6. The summed E-state index contributed by atoms with van der Waals surface area (Å²) in [7, 11) is 0. The minimum atomic E-state index is -0.311. The normalized spacial score (nSPS) is 30.2. The molecule has 1 N–H and O–H groups in total. The number of amides is 1. The lowest BCUT2D eigenvalue weighted by Gasteiger charge is -2.21. The molecule has 3 unspecified atom stereocenters. The molecule has 3 atom stereocenters. The molecule has 3 rings (SSSR count). The van der Waals surface area contributed by atoms with E-state index < -0.39 is 0 Å². The van der Waals surface area contributed by atoms with Crippen molar-refractivity contribution in [1.82, 2.24) is 0 Å². The summed E-state index contributed by atoms with van der Waals surface area (Å²) in [4.78, 5) is 11.7. The van der Waals surface area contributed by atoms with Crippen molar-refractivity contribution >= 4 is 11.8 Å². The van der Waals surface area contributed by atoms with Crippen LogP contribution < -0.4 is 5.32 Å². The lowest BCUT2D eigenvalue weighted by atomic mass is 9.98. The van der Waals surface area contributed by atoms with Crippen LogP contribution in [-0.2, 0) is 4.74 Å². The lowest BCUT2D eigenvalue weighted by Crippen LogP contribution is -2.26. The van der Waals surface area contributed by atoms with E-state index in [1.165, 1.54) is 19.3 Å². The highest BCUT2D eigenvalue weighted by Crippen LogP contribution is 2.45. The molecule has 0 aromatic heterocycles. The summed E-state index contributed by atoms with van der Waals surface area (Å²) in [5.74, 6) is 1.41. The van der Waals surface area contributed by atoms with E-state index >= 15 is 0 Å². The first-order chi connectivity index (χ1) is 8.31. The average molecular weight is 231 g/mol. The highest BCUT2D eigenvalue weighted by molar-refractivity contribution is 5.84. The van der Waals surface area contributed by atoms with Crippen molar-refractivity contribution in [2.24, 2.45) is 11.8 Å². The van der Waals surface area contributed by atoms with Crippen LogP contribution in [0.3, 0.4) is 0 Å². The average Bonchev–Trinajstić information content (AvgIpc) is 2.92. The Bertz CT molecular complexity index is 404. The summed E-state index contributed by atoms with van der Waals surface area (Å²) < 4.78 is 5.50. The summed E-state index contributed by atoms with van der Waals surface area (Å²) in [6, 6.07) is 9.44. The number of fused-ring (bicyclic) bond motifs is 2. The van der Waals surface area contributed by atoms with Crippen molar-refractivity contribution in [3.8, 4) is 0 Å². The van der Waals surface area contributed by atoms with Gasteiger partial charge in [0.15, 0.2) is 0 Å². The van der Waals surface area contributed by atoms with Gasteiger partial charge in [0.2, 0.25) is 0 Å². The van der Waals surface area contributed by atoms with Gasteiger partial charge in [-0.25, -0.2) is 4.79 Å². The third kappa shape index (κ3) is 2.28. The van der Waals surface area contributed by atoms with Crippen LogP contribution in [0, 0.1) is 11.8 Å². The van der Waals surface area contributed by atoms with Gasteiger partial charge in [-0.3, -0.25) is 5.32 Å². The van der Waals surface area contributed by atoms with Gasteiger partial charge in [0.25, 0.3) is 0 Å². The van der Waals surface area contributed by atoms with Gasteiger partial charge in [-0.2, -0.15) is 0 Å². The van der Waals surface area contributed by atoms with E-state index in [1.807, 2.05) is 30.3 Å². The number of rotatable bonds is 2. The van der Waals surface area contributed by atoms with E-state index in [0.717, 1.165) is 18.0 Å². The largest absolute Gasteiger partial charge is 0.446 e. The first-order valence-electron chi connectivity index (χ1n) is 6.34. The Kier molecular flexibility index (Phi) is 2.75. The molecule has 0 aliphatic heterocycles. The number of carbonyl (C=O) groups excluding carboxylic acids is 1. The number of benzene rings is 1. The predicted molar refractivity (Wildman–Crippen MR) is 65.8 cm³/mol. The van der Waals surface area contributed by atoms with Gasteiger partial charge in [0.05, 0.1) is 0 Å². The van der Waals surface area contributed by atoms with Gasteiger partial charge in [-0.1, -0.05) is 18.2 Å². The predicted octanol–water partition coefficient (Wildman–Crippen LogP) is 3.42. The molecular formula is C14H17NO2. The Morgan fingerprint density at radius 1 is 1.18 bits per heavy atom. The number of carbonyl (C=O) groups is 1. The maximum atomic E-state index is 11.7. The minimum absolute atomic E-state index is 0.150. The van der Waals surface area contributed by atoms with Crippen LogP contribution in [0.4, 0.5) is 10.5 Å². The molecule has 90 valence electrons. The van der Waals surface area contributed by atoms with Crippen LogP contribution in [0.5, 0.6) is 0 Å². The molecular weight excluding hydrogens is 214 g/mol. The van der Waals surface area contributed by atoms with Crippen molar-refractivity contribution < 1.29 is 9.53 Å². The second-order valence-corrected chi connectivity index (χ2v) is 5.11. The van der Waals surface area contributed by atoms with E-state index in [2.05, 4.69) is 5.32 Å². The van der Waals surface area contributed by atoms with Crippen LogP contribution >= 0.6 is 0 Å². The summed E-state index contributed by atoms with van der Waals surface area (Å²) in [6.07, 6.45) is 4.71. The molecule has 2 aliphatic carbocycles. The first-order valence-corrected chi connectivity index (χ1v) is 6.34. The number of hydrogen-bond acceptors (Lipinski definition) is 2. The zero-order chi connectivity index (χ0) is 11.7. The van der Waals surface area contributed by atoms with E-state index in [-0.39, 0.29) is 12.2 Å². The molecule has 2 saturated carbocycles. The minimum Gasteiger partial charge on any atom is -0.446 e. The van der Waals surface area contributed by atoms with Crippen LogP contribution in [0.1, 0.15) is 25.7 Å². The topological polar surface area (TPSA) is 38.3 Å². The summed E-state index contributed by atoms with van der Waals surface area (Å²) >= 11 is 0. The zero-order valence-corrected chi connectivity index (χ0v) is 9.76. The fraction of sp³-hybridized carbons (Fsp3) is 0.500. The Hall–Kier alpha value is -1.51. The summed E-state index contributed by atoms with van der Waals surface area (Å²) in [6.45, 7) is 0. The summed E-state index contributed by atoms with van der Waals surface area (Å²) in [5, 5.41) is 2.77. The monoisotopic (exact) mass is 231 g/mol. The van der Waals surface area contributed by atoms with E-state index in [0.29, 0.717) is 5.92 Å². The van der Waals surface area contributed by atoms with Gasteiger partial charge in [0, 0.05) is 5.69 Å². The zero-order valence-electron chi connectivity index (χ0n) is 9.76. The molecule has 0 saturated heterocycles. The quantitative estimate of drug-likeness (QED) is 0.846. The molecule has 0 spiro atoms. The molecule has 1 aromatic rings. The third-order valence-electron chi connectivity index (χ3n) is 3.95. The first kappa shape index (κ1) is 10.6. The number of anilines is 1. The number of hydrogen-bond donors (Lipinski definition) is 1. The van der Waals surface area contributed by atoms with Gasteiger partial charge < -0.3 is 4.74 Å². The molecule has 2 bridgehead atoms. The fourth-order valence-corrected chi connectivity index (χ4v) is 3.14. The van der Waals surface area contributed by atoms with Gasteiger partial charge >= 0.3 is 6.09 Å². The Morgan fingerprint density at radius 3 is 2.65 bits per heavy atom. The molecule has 3 nitrogen and oxygen atoms in total. The Balaban J connectivity index is 1.54. The molecule has 2 aliphatic rings. The van der Waals surface area contributed by atoms with Gasteiger partial charge in [-0.15, -0.1) is 0 Å². The standard InChI is InChI=1S/C14H17NO2/c16-14(15-12-4-2-1-3-5-12)17-13-9-10-6-7-11(13)8-10/h1-5,10-11,13H,6-9H2,(H,15,16). The maximum absolute atomic E-state index is 11.7. The van der Waals surface area contributed by atoms with Crippen molar-refractivity contribution in [3.63, 3.8) is 0 Å².